The molecule has 21 heavy (non-hydrogen) atoms. The molecule has 1 unspecified atom stereocenters. The summed E-state index contributed by atoms with van der Waals surface area (Å²) in [6.45, 7) is 3.93. The lowest BCUT2D eigenvalue weighted by molar-refractivity contribution is -0.122. The molecule has 0 spiro atoms. The Kier molecular flexibility index (Phi) is 8.38. The van der Waals surface area contributed by atoms with E-state index in [1.165, 1.54) is 0 Å². The number of rotatable bonds is 8. The fraction of sp³-hybridized carbons (Fsp3) is 0.750. The van der Waals surface area contributed by atoms with Crippen LogP contribution in [0.25, 0.3) is 0 Å². The summed E-state index contributed by atoms with van der Waals surface area (Å²) >= 11 is 0. The third-order valence-corrected chi connectivity index (χ3v) is 3.10. The first-order chi connectivity index (χ1) is 9.65. The summed E-state index contributed by atoms with van der Waals surface area (Å²) in [5, 5.41) is 13.0. The minimum absolute atomic E-state index is 0.0817. The van der Waals surface area contributed by atoms with E-state index in [0.29, 0.717) is 0 Å². The van der Waals surface area contributed by atoms with E-state index in [2.05, 4.69) is 10.6 Å². The molecular weight excluding hydrogens is 298 g/mol. The van der Waals surface area contributed by atoms with Crippen molar-refractivity contribution >= 4 is 21.8 Å². The fourth-order valence-corrected chi connectivity index (χ4v) is 2.12. The summed E-state index contributed by atoms with van der Waals surface area (Å²) in [5.74, 6) is -1.09. The normalized spacial score (nSPS) is 12.3. The zero-order valence-corrected chi connectivity index (χ0v) is 13.2. The number of ether oxygens (including phenoxy) is 1. The van der Waals surface area contributed by atoms with Crippen molar-refractivity contribution in [3.8, 4) is 6.07 Å². The number of carbonyl (C=O) groups is 2. The molecule has 120 valence electrons. The number of sulfone groups is 1. The zero-order chi connectivity index (χ0) is 16.5. The van der Waals surface area contributed by atoms with E-state index in [1.54, 1.807) is 0 Å². The van der Waals surface area contributed by atoms with Gasteiger partial charge in [-0.2, -0.15) is 5.26 Å². The van der Waals surface area contributed by atoms with Crippen LogP contribution in [0, 0.1) is 17.2 Å². The summed E-state index contributed by atoms with van der Waals surface area (Å²) in [6, 6.07) is 0.587. The van der Waals surface area contributed by atoms with Gasteiger partial charge in [-0.25, -0.2) is 13.2 Å². The van der Waals surface area contributed by atoms with Crippen LogP contribution in [0.1, 0.15) is 20.3 Å². The minimum atomic E-state index is -3.47. The van der Waals surface area contributed by atoms with Gasteiger partial charge in [-0.05, 0) is 5.92 Å². The number of amides is 2. The van der Waals surface area contributed by atoms with Crippen LogP contribution < -0.4 is 10.6 Å². The van der Waals surface area contributed by atoms with Gasteiger partial charge >= 0.3 is 6.09 Å². The molecule has 0 bridgehead atoms. The van der Waals surface area contributed by atoms with E-state index in [9.17, 15) is 18.0 Å². The molecule has 0 saturated heterocycles. The molecule has 0 saturated carbocycles. The van der Waals surface area contributed by atoms with Gasteiger partial charge in [0, 0.05) is 12.8 Å². The molecule has 0 aliphatic carbocycles. The number of hydrogen-bond acceptors (Lipinski definition) is 6. The fourth-order valence-electron chi connectivity index (χ4n) is 1.28. The molecule has 0 aliphatic rings. The Bertz CT molecular complexity index is 496. The first-order valence-corrected chi connectivity index (χ1v) is 8.47. The van der Waals surface area contributed by atoms with Crippen LogP contribution in [-0.4, -0.2) is 51.6 Å². The van der Waals surface area contributed by atoms with Gasteiger partial charge in [0.25, 0.3) is 0 Å². The van der Waals surface area contributed by atoms with Gasteiger partial charge in [-0.15, -0.1) is 0 Å². The highest BCUT2D eigenvalue weighted by Crippen LogP contribution is 1.97. The average molecular weight is 319 g/mol. The lowest BCUT2D eigenvalue weighted by Gasteiger charge is -2.17. The maximum Gasteiger partial charge on any atom is 0.407 e. The van der Waals surface area contributed by atoms with Crippen molar-refractivity contribution in [2.45, 2.75) is 26.3 Å². The van der Waals surface area contributed by atoms with Gasteiger partial charge in [-0.1, -0.05) is 13.8 Å². The smallest absolute Gasteiger partial charge is 0.407 e. The van der Waals surface area contributed by atoms with Gasteiger partial charge in [0.15, 0.2) is 0 Å². The number of hydrogen-bond donors (Lipinski definition) is 2. The third-order valence-electron chi connectivity index (χ3n) is 2.16. The Morgan fingerprint density at radius 2 is 1.95 bits per heavy atom. The van der Waals surface area contributed by atoms with E-state index in [0.717, 1.165) is 6.26 Å². The van der Waals surface area contributed by atoms with E-state index in [1.807, 2.05) is 19.9 Å². The SMILES string of the molecule is CC(C)COC(=O)NC(CS(C)(=O)=O)C(=O)NCCC#N. The molecule has 0 aromatic carbocycles. The molecule has 0 fully saturated rings. The largest absolute Gasteiger partial charge is 0.449 e. The Balaban J connectivity index is 4.63. The maximum atomic E-state index is 11.8. The summed E-state index contributed by atoms with van der Waals surface area (Å²) in [7, 11) is -3.47. The summed E-state index contributed by atoms with van der Waals surface area (Å²) in [5.41, 5.74) is 0. The Hall–Kier alpha value is -1.82. The molecule has 0 radical (unpaired) electrons. The molecule has 9 heteroatoms. The number of nitrogens with zero attached hydrogens (tertiary/aromatic N) is 1. The number of nitrogens with one attached hydrogen (secondary N) is 2. The second-order valence-electron chi connectivity index (χ2n) is 4.98. The topological polar surface area (TPSA) is 125 Å². The van der Waals surface area contributed by atoms with Crippen LogP contribution in [0.4, 0.5) is 4.79 Å². The molecule has 8 nitrogen and oxygen atoms in total. The Morgan fingerprint density at radius 3 is 2.43 bits per heavy atom. The van der Waals surface area contributed by atoms with E-state index in [4.69, 9.17) is 10.00 Å². The first kappa shape index (κ1) is 19.2. The van der Waals surface area contributed by atoms with Crippen molar-refractivity contribution < 1.29 is 22.7 Å². The van der Waals surface area contributed by atoms with Crippen molar-refractivity contribution in [3.63, 3.8) is 0 Å². The lowest BCUT2D eigenvalue weighted by atomic mass is 10.2. The second-order valence-corrected chi connectivity index (χ2v) is 7.17. The van der Waals surface area contributed by atoms with Crippen LogP contribution in [0.3, 0.4) is 0 Å². The third kappa shape index (κ3) is 10.6. The van der Waals surface area contributed by atoms with Gasteiger partial charge < -0.3 is 15.4 Å². The summed E-state index contributed by atoms with van der Waals surface area (Å²) in [4.78, 5) is 23.3. The van der Waals surface area contributed by atoms with Crippen LogP contribution in [-0.2, 0) is 19.4 Å². The number of alkyl carbamates (subject to hydrolysis) is 1. The molecular formula is C12H21N3O5S. The molecule has 0 heterocycles. The number of carbonyl (C=O) groups excluding carboxylic acids is 2. The second kappa shape index (κ2) is 9.18. The van der Waals surface area contributed by atoms with Crippen molar-refractivity contribution in [2.75, 3.05) is 25.2 Å². The molecule has 2 N–H and O–H groups in total. The van der Waals surface area contributed by atoms with Gasteiger partial charge in [0.1, 0.15) is 15.9 Å². The predicted octanol–water partition coefficient (Wildman–Crippen LogP) is -0.188. The highest BCUT2D eigenvalue weighted by molar-refractivity contribution is 7.90. The van der Waals surface area contributed by atoms with Gasteiger partial charge in [0.2, 0.25) is 5.91 Å². The monoisotopic (exact) mass is 319 g/mol. The Labute approximate surface area is 124 Å². The zero-order valence-electron chi connectivity index (χ0n) is 12.4. The maximum absolute atomic E-state index is 11.8. The van der Waals surface area contributed by atoms with Crippen molar-refractivity contribution in [2.24, 2.45) is 5.92 Å². The predicted molar refractivity (Wildman–Crippen MR) is 76.1 cm³/mol. The van der Waals surface area contributed by atoms with Crippen molar-refractivity contribution in [1.82, 2.24) is 10.6 Å². The number of nitriles is 1. The van der Waals surface area contributed by atoms with E-state index >= 15 is 0 Å². The van der Waals surface area contributed by atoms with Crippen LogP contribution in [0.5, 0.6) is 0 Å². The summed E-state index contributed by atoms with van der Waals surface area (Å²) in [6.07, 6.45) is 0.200. The average Bonchev–Trinajstić information content (AvgIpc) is 2.34. The Morgan fingerprint density at radius 1 is 1.33 bits per heavy atom. The molecule has 0 rings (SSSR count). The highest BCUT2D eigenvalue weighted by atomic mass is 32.2. The first-order valence-electron chi connectivity index (χ1n) is 6.41. The molecule has 2 amide bonds. The van der Waals surface area contributed by atoms with Crippen molar-refractivity contribution in [1.29, 1.82) is 5.26 Å². The quantitative estimate of drug-likeness (QED) is 0.597. The molecule has 0 aliphatic heterocycles. The molecule has 1 atom stereocenters. The standard InChI is InChI=1S/C12H21N3O5S/c1-9(2)7-20-12(17)15-10(8-21(3,18)19)11(16)14-6-4-5-13/h9-10H,4,6-8H2,1-3H3,(H,14,16)(H,15,17). The van der Waals surface area contributed by atoms with Gasteiger partial charge in [-0.3, -0.25) is 4.79 Å². The molecule has 0 aromatic heterocycles. The van der Waals surface area contributed by atoms with Crippen LogP contribution in [0.2, 0.25) is 0 Å². The minimum Gasteiger partial charge on any atom is -0.449 e. The van der Waals surface area contributed by atoms with Crippen LogP contribution in [0.15, 0.2) is 0 Å². The molecule has 0 aromatic rings. The van der Waals surface area contributed by atoms with E-state index < -0.39 is 33.6 Å². The highest BCUT2D eigenvalue weighted by Gasteiger charge is 2.25. The summed E-state index contributed by atoms with van der Waals surface area (Å²) < 4.78 is 27.4. The van der Waals surface area contributed by atoms with Gasteiger partial charge in [0.05, 0.1) is 24.8 Å². The van der Waals surface area contributed by atoms with Crippen LogP contribution >= 0.6 is 0 Å². The lowest BCUT2D eigenvalue weighted by Crippen LogP contribution is -2.50. The van der Waals surface area contributed by atoms with Crippen molar-refractivity contribution in [3.05, 3.63) is 0 Å². The van der Waals surface area contributed by atoms with E-state index in [-0.39, 0.29) is 25.5 Å².